The van der Waals surface area contributed by atoms with Gasteiger partial charge in [0.1, 0.15) is 10.3 Å². The summed E-state index contributed by atoms with van der Waals surface area (Å²) in [6.45, 7) is 5.19. The molecule has 37 heavy (non-hydrogen) atoms. The lowest BCUT2D eigenvalue weighted by atomic mass is 9.99. The summed E-state index contributed by atoms with van der Waals surface area (Å²) < 4.78 is 35.3. The van der Waals surface area contributed by atoms with Gasteiger partial charge in [0, 0.05) is 37.9 Å². The highest BCUT2D eigenvalue weighted by atomic mass is 32.2. The zero-order valence-electron chi connectivity index (χ0n) is 21.1. The number of aliphatic hydroxyl groups is 1. The number of likely N-dealkylation sites (N-methyl/N-ethyl adjacent to an activating group) is 1. The summed E-state index contributed by atoms with van der Waals surface area (Å²) >= 11 is 1.11. The number of aromatic nitrogens is 1. The van der Waals surface area contributed by atoms with Crippen molar-refractivity contribution in [2.24, 2.45) is 5.92 Å². The maximum atomic E-state index is 13.6. The minimum atomic E-state index is -3.86. The number of benzene rings is 1. The minimum Gasteiger partial charge on any atom is -0.486 e. The van der Waals surface area contributed by atoms with Crippen LogP contribution in [0.25, 0.3) is 0 Å². The molecule has 0 unspecified atom stereocenters. The molecular formula is C26H32N4O5S2. The van der Waals surface area contributed by atoms with E-state index in [0.29, 0.717) is 19.6 Å². The van der Waals surface area contributed by atoms with Gasteiger partial charge in [-0.3, -0.25) is 19.4 Å². The molecule has 0 radical (unpaired) electrons. The number of hydrogen-bond donors (Lipinski definition) is 2. The van der Waals surface area contributed by atoms with E-state index in [1.165, 1.54) is 6.07 Å². The number of sulfonamides is 1. The number of thiophene rings is 1. The van der Waals surface area contributed by atoms with Gasteiger partial charge in [0.05, 0.1) is 23.9 Å². The van der Waals surface area contributed by atoms with Gasteiger partial charge in [-0.2, -0.15) is 0 Å². The fourth-order valence-corrected chi connectivity index (χ4v) is 6.38. The molecule has 1 aliphatic heterocycles. The molecule has 1 aromatic carbocycles. The number of para-hydroxylation sites is 1. The summed E-state index contributed by atoms with van der Waals surface area (Å²) in [5.74, 6) is -0.228. The molecule has 1 aliphatic rings. The molecule has 0 spiro atoms. The van der Waals surface area contributed by atoms with Crippen molar-refractivity contribution in [1.29, 1.82) is 0 Å². The molecular weight excluding hydrogens is 512 g/mol. The van der Waals surface area contributed by atoms with Crippen LogP contribution in [0.15, 0.2) is 64.4 Å². The molecule has 9 nitrogen and oxygen atoms in total. The van der Waals surface area contributed by atoms with E-state index in [9.17, 15) is 18.3 Å². The number of carbonyl (C=O) groups excluding carboxylic acids is 1. The summed E-state index contributed by atoms with van der Waals surface area (Å²) in [5, 5.41) is 11.5. The Labute approximate surface area is 221 Å². The van der Waals surface area contributed by atoms with E-state index in [2.05, 4.69) is 14.6 Å². The standard InChI is InChI=1S/C26H32N4O5S2/c1-18-14-30(19(2)17-31)26(32)21-6-4-7-22(28-37(33,34)24-8-5-13-36-24)25(21)35-23(18)16-29(3)15-20-9-11-27-12-10-20/h4-13,18-19,23,28,31H,14-17H2,1-3H3/t18-,19-,23-/m1/s1. The highest BCUT2D eigenvalue weighted by Crippen LogP contribution is 2.36. The number of rotatable bonds is 9. The predicted octanol–water partition coefficient (Wildman–Crippen LogP) is 3.30. The molecule has 0 saturated heterocycles. The number of nitrogens with zero attached hydrogens (tertiary/aromatic N) is 3. The van der Waals surface area contributed by atoms with Crippen molar-refractivity contribution in [2.45, 2.75) is 36.7 Å². The molecule has 11 heteroatoms. The molecule has 3 aromatic rings. The maximum absolute atomic E-state index is 13.6. The van der Waals surface area contributed by atoms with E-state index in [1.807, 2.05) is 26.1 Å². The van der Waals surface area contributed by atoms with E-state index in [1.54, 1.807) is 53.9 Å². The number of amides is 1. The zero-order valence-corrected chi connectivity index (χ0v) is 22.7. The number of ether oxygens (including phenoxy) is 1. The van der Waals surface area contributed by atoms with Crippen molar-refractivity contribution in [3.05, 3.63) is 71.4 Å². The molecule has 0 fully saturated rings. The SMILES string of the molecule is C[C@@H]1CN([C@H](C)CO)C(=O)c2cccc(NS(=O)(=O)c3cccs3)c2O[C@@H]1CN(C)Cc1ccncc1. The van der Waals surface area contributed by atoms with Crippen LogP contribution in [-0.4, -0.2) is 73.1 Å². The van der Waals surface area contributed by atoms with E-state index < -0.39 is 16.1 Å². The average Bonchev–Trinajstić information content (AvgIpc) is 3.43. The lowest BCUT2D eigenvalue weighted by Gasteiger charge is -2.38. The largest absolute Gasteiger partial charge is 0.486 e. The summed E-state index contributed by atoms with van der Waals surface area (Å²) in [4.78, 5) is 21.4. The fourth-order valence-electron chi connectivity index (χ4n) is 4.32. The smallest absolute Gasteiger partial charge is 0.271 e. The van der Waals surface area contributed by atoms with Gasteiger partial charge in [-0.25, -0.2) is 8.42 Å². The van der Waals surface area contributed by atoms with Crippen LogP contribution in [0.2, 0.25) is 0 Å². The molecule has 3 heterocycles. The molecule has 0 aliphatic carbocycles. The first kappa shape index (κ1) is 27.1. The topological polar surface area (TPSA) is 112 Å². The third kappa shape index (κ3) is 6.30. The van der Waals surface area contributed by atoms with Crippen LogP contribution in [0.4, 0.5) is 5.69 Å². The quantitative estimate of drug-likeness (QED) is 0.425. The second-order valence-corrected chi connectivity index (χ2v) is 12.3. The number of carbonyl (C=O) groups is 1. The van der Waals surface area contributed by atoms with Gasteiger partial charge < -0.3 is 14.7 Å². The van der Waals surface area contributed by atoms with E-state index in [0.717, 1.165) is 16.9 Å². The van der Waals surface area contributed by atoms with E-state index in [-0.39, 0.29) is 45.7 Å². The molecule has 0 saturated carbocycles. The van der Waals surface area contributed by atoms with Crippen molar-refractivity contribution < 1.29 is 23.1 Å². The fraction of sp³-hybridized carbons (Fsp3) is 0.385. The normalized spacial score (nSPS) is 19.1. The Morgan fingerprint density at radius 1 is 1.24 bits per heavy atom. The Kier molecular flexibility index (Phi) is 8.48. The number of nitrogens with one attached hydrogen (secondary N) is 1. The molecule has 4 rings (SSSR count). The number of pyridine rings is 1. The monoisotopic (exact) mass is 544 g/mol. The Morgan fingerprint density at radius 2 is 2.00 bits per heavy atom. The van der Waals surface area contributed by atoms with Crippen LogP contribution in [-0.2, 0) is 16.6 Å². The van der Waals surface area contributed by atoms with Gasteiger partial charge in [0.2, 0.25) is 0 Å². The highest BCUT2D eigenvalue weighted by molar-refractivity contribution is 7.94. The second-order valence-electron chi connectivity index (χ2n) is 9.39. The van der Waals surface area contributed by atoms with Gasteiger partial charge in [-0.05, 0) is 55.2 Å². The van der Waals surface area contributed by atoms with Crippen LogP contribution in [0.1, 0.15) is 29.8 Å². The van der Waals surface area contributed by atoms with Crippen molar-refractivity contribution in [3.8, 4) is 5.75 Å². The van der Waals surface area contributed by atoms with Gasteiger partial charge in [-0.1, -0.05) is 19.1 Å². The summed E-state index contributed by atoms with van der Waals surface area (Å²) in [6.07, 6.45) is 3.14. The first-order valence-electron chi connectivity index (χ1n) is 12.0. The average molecular weight is 545 g/mol. The van der Waals surface area contributed by atoms with Crippen LogP contribution in [0.5, 0.6) is 5.75 Å². The first-order valence-corrected chi connectivity index (χ1v) is 14.4. The van der Waals surface area contributed by atoms with Crippen LogP contribution in [0.3, 0.4) is 0 Å². The van der Waals surface area contributed by atoms with E-state index in [4.69, 9.17) is 4.74 Å². The van der Waals surface area contributed by atoms with Crippen molar-refractivity contribution in [2.75, 3.05) is 31.5 Å². The first-order chi connectivity index (χ1) is 17.7. The van der Waals surface area contributed by atoms with Crippen molar-refractivity contribution in [3.63, 3.8) is 0 Å². The number of anilines is 1. The summed E-state index contributed by atoms with van der Waals surface area (Å²) in [5.41, 5.74) is 1.55. The Balaban J connectivity index is 1.70. The van der Waals surface area contributed by atoms with E-state index >= 15 is 0 Å². The molecule has 0 bridgehead atoms. The summed E-state index contributed by atoms with van der Waals surface area (Å²) in [7, 11) is -1.88. The number of hydrogen-bond acceptors (Lipinski definition) is 8. The van der Waals surface area contributed by atoms with Crippen LogP contribution < -0.4 is 9.46 Å². The lowest BCUT2D eigenvalue weighted by Crippen LogP contribution is -2.49. The predicted molar refractivity (Wildman–Crippen MR) is 143 cm³/mol. The van der Waals surface area contributed by atoms with Gasteiger partial charge in [0.15, 0.2) is 5.75 Å². The second kappa shape index (κ2) is 11.6. The molecule has 2 N–H and O–H groups in total. The van der Waals surface area contributed by atoms with Crippen LogP contribution in [0, 0.1) is 5.92 Å². The third-order valence-electron chi connectivity index (χ3n) is 6.39. The molecule has 3 atom stereocenters. The molecule has 2 aromatic heterocycles. The third-order valence-corrected chi connectivity index (χ3v) is 9.15. The Bertz CT molecular complexity index is 1300. The Morgan fingerprint density at radius 3 is 2.68 bits per heavy atom. The number of aliphatic hydroxyl groups excluding tert-OH is 1. The highest BCUT2D eigenvalue weighted by Gasteiger charge is 2.35. The lowest BCUT2D eigenvalue weighted by molar-refractivity contribution is 0.0344. The van der Waals surface area contributed by atoms with Gasteiger partial charge in [0.25, 0.3) is 15.9 Å². The zero-order chi connectivity index (χ0) is 26.6. The maximum Gasteiger partial charge on any atom is 0.271 e. The molecule has 198 valence electrons. The van der Waals surface area contributed by atoms with Gasteiger partial charge >= 0.3 is 0 Å². The van der Waals surface area contributed by atoms with Crippen molar-refractivity contribution in [1.82, 2.24) is 14.8 Å². The van der Waals surface area contributed by atoms with Gasteiger partial charge in [-0.15, -0.1) is 11.3 Å². The minimum absolute atomic E-state index is 0.104. The van der Waals surface area contributed by atoms with Crippen molar-refractivity contribution >= 4 is 33.0 Å². The van der Waals surface area contributed by atoms with Crippen LogP contribution >= 0.6 is 11.3 Å². The number of fused-ring (bicyclic) bond motifs is 1. The molecule has 1 amide bonds. The summed E-state index contributed by atoms with van der Waals surface area (Å²) in [6, 6.07) is 11.5. The Hall–Kier alpha value is -2.99.